The highest BCUT2D eigenvalue weighted by Crippen LogP contribution is 2.44. The number of carbonyl (C=O) groups is 1. The standard InChI is InChI=1S/C19H18ClN3O2/c1-25-14-7-9-15-12(10-14)4-8-16-17(15)22-23(19(21)24)18(16)11-2-5-13(20)6-3-11/h2-3,5-7,9-10,18,22H,4,8H2,1H3,(H2,21,24). The summed E-state index contributed by atoms with van der Waals surface area (Å²) >= 11 is 6.01. The summed E-state index contributed by atoms with van der Waals surface area (Å²) in [5.74, 6) is 0.835. The number of hydrazine groups is 1. The summed E-state index contributed by atoms with van der Waals surface area (Å²) in [6.45, 7) is 0. The number of nitrogens with one attached hydrogen (secondary N) is 1. The molecule has 1 unspecified atom stereocenters. The molecule has 4 rings (SSSR count). The van der Waals surface area contributed by atoms with Gasteiger partial charge in [0.1, 0.15) is 11.8 Å². The number of fused-ring (bicyclic) bond motifs is 2. The van der Waals surface area contributed by atoms with Crippen LogP contribution in [0, 0.1) is 0 Å². The summed E-state index contributed by atoms with van der Waals surface area (Å²) in [6, 6.07) is 12.8. The average Bonchev–Trinajstić information content (AvgIpc) is 3.02. The van der Waals surface area contributed by atoms with Gasteiger partial charge in [-0.15, -0.1) is 0 Å². The second-order valence-electron chi connectivity index (χ2n) is 6.20. The molecular formula is C19H18ClN3O2. The molecule has 2 aromatic carbocycles. The number of hydrogen-bond donors (Lipinski definition) is 2. The van der Waals surface area contributed by atoms with E-state index in [-0.39, 0.29) is 6.04 Å². The Morgan fingerprint density at radius 1 is 1.24 bits per heavy atom. The predicted molar refractivity (Wildman–Crippen MR) is 97.0 cm³/mol. The van der Waals surface area contributed by atoms with E-state index in [1.165, 1.54) is 16.1 Å². The molecule has 0 saturated carbocycles. The molecule has 5 nitrogen and oxygen atoms in total. The summed E-state index contributed by atoms with van der Waals surface area (Å²) in [5, 5.41) is 2.16. The molecule has 0 radical (unpaired) electrons. The largest absolute Gasteiger partial charge is 0.497 e. The van der Waals surface area contributed by atoms with Gasteiger partial charge in [0.2, 0.25) is 0 Å². The van der Waals surface area contributed by atoms with Crippen molar-refractivity contribution < 1.29 is 9.53 Å². The molecule has 0 aromatic heterocycles. The number of nitrogens with zero attached hydrogens (tertiary/aromatic N) is 1. The number of urea groups is 1. The van der Waals surface area contributed by atoms with Crippen molar-refractivity contribution in [1.82, 2.24) is 10.4 Å². The summed E-state index contributed by atoms with van der Waals surface area (Å²) in [5.41, 5.74) is 14.2. The molecular weight excluding hydrogens is 338 g/mol. The summed E-state index contributed by atoms with van der Waals surface area (Å²) in [4.78, 5) is 12.0. The minimum Gasteiger partial charge on any atom is -0.497 e. The zero-order chi connectivity index (χ0) is 17.6. The molecule has 1 aliphatic heterocycles. The van der Waals surface area contributed by atoms with Gasteiger partial charge in [0, 0.05) is 10.6 Å². The van der Waals surface area contributed by atoms with Gasteiger partial charge in [-0.3, -0.25) is 5.43 Å². The van der Waals surface area contributed by atoms with Crippen LogP contribution in [0.1, 0.15) is 29.2 Å². The Hall–Kier alpha value is -2.66. The van der Waals surface area contributed by atoms with E-state index in [4.69, 9.17) is 22.1 Å². The number of amides is 2. The highest BCUT2D eigenvalue weighted by Gasteiger charge is 2.38. The number of halogens is 1. The van der Waals surface area contributed by atoms with Gasteiger partial charge in [-0.2, -0.15) is 0 Å². The van der Waals surface area contributed by atoms with Crippen molar-refractivity contribution in [3.8, 4) is 5.75 Å². The molecule has 0 bridgehead atoms. The molecule has 0 spiro atoms. The van der Waals surface area contributed by atoms with Gasteiger partial charge < -0.3 is 10.5 Å². The third kappa shape index (κ3) is 2.61. The Balaban J connectivity index is 1.81. The molecule has 0 fully saturated rings. The fourth-order valence-corrected chi connectivity index (χ4v) is 3.77. The molecule has 3 N–H and O–H groups in total. The molecule has 2 aromatic rings. The van der Waals surface area contributed by atoms with Crippen molar-refractivity contribution in [2.75, 3.05) is 7.11 Å². The SMILES string of the molecule is COc1ccc2c(c1)CCC1=C2NN(C(N)=O)C1c1ccc(Cl)cc1. The maximum absolute atomic E-state index is 12.0. The molecule has 25 heavy (non-hydrogen) atoms. The van der Waals surface area contributed by atoms with Gasteiger partial charge >= 0.3 is 6.03 Å². The van der Waals surface area contributed by atoms with Gasteiger partial charge in [-0.25, -0.2) is 9.80 Å². The zero-order valence-corrected chi connectivity index (χ0v) is 14.5. The van der Waals surface area contributed by atoms with Crippen LogP contribution in [-0.4, -0.2) is 18.1 Å². The highest BCUT2D eigenvalue weighted by molar-refractivity contribution is 6.30. The van der Waals surface area contributed by atoms with Gasteiger partial charge in [0.25, 0.3) is 0 Å². The number of rotatable bonds is 2. The van der Waals surface area contributed by atoms with Crippen LogP contribution < -0.4 is 15.9 Å². The van der Waals surface area contributed by atoms with Crippen LogP contribution in [-0.2, 0) is 6.42 Å². The van der Waals surface area contributed by atoms with Crippen molar-refractivity contribution in [3.63, 3.8) is 0 Å². The minimum absolute atomic E-state index is 0.222. The summed E-state index contributed by atoms with van der Waals surface area (Å²) < 4.78 is 5.32. The van der Waals surface area contributed by atoms with Crippen LogP contribution in [0.5, 0.6) is 5.75 Å². The number of nitrogens with two attached hydrogens (primary N) is 1. The maximum atomic E-state index is 12.0. The molecule has 1 aliphatic carbocycles. The quantitative estimate of drug-likeness (QED) is 0.864. The smallest absolute Gasteiger partial charge is 0.334 e. The summed E-state index contributed by atoms with van der Waals surface area (Å²) in [7, 11) is 1.66. The fourth-order valence-electron chi connectivity index (χ4n) is 3.64. The third-order valence-electron chi connectivity index (χ3n) is 4.81. The van der Waals surface area contributed by atoms with Crippen LogP contribution in [0.25, 0.3) is 5.70 Å². The van der Waals surface area contributed by atoms with Gasteiger partial charge in [-0.1, -0.05) is 23.7 Å². The number of ether oxygens (including phenoxy) is 1. The minimum atomic E-state index is -0.510. The number of primary amides is 1. The topological polar surface area (TPSA) is 67.6 Å². The molecule has 128 valence electrons. The lowest BCUT2D eigenvalue weighted by atomic mass is 9.85. The Morgan fingerprint density at radius 2 is 2.00 bits per heavy atom. The van der Waals surface area contributed by atoms with E-state index in [9.17, 15) is 4.79 Å². The van der Waals surface area contributed by atoms with Crippen LogP contribution >= 0.6 is 11.6 Å². The maximum Gasteiger partial charge on any atom is 0.334 e. The van der Waals surface area contributed by atoms with Crippen molar-refractivity contribution >= 4 is 23.3 Å². The van der Waals surface area contributed by atoms with E-state index in [0.29, 0.717) is 5.02 Å². The van der Waals surface area contributed by atoms with Crippen molar-refractivity contribution in [2.24, 2.45) is 5.73 Å². The van der Waals surface area contributed by atoms with Gasteiger partial charge in [-0.05, 0) is 59.9 Å². The lowest BCUT2D eigenvalue weighted by Gasteiger charge is -2.25. The average molecular weight is 356 g/mol. The predicted octanol–water partition coefficient (Wildman–Crippen LogP) is 3.65. The van der Waals surface area contributed by atoms with Gasteiger partial charge in [0.15, 0.2) is 0 Å². The van der Waals surface area contributed by atoms with Crippen LogP contribution in [0.2, 0.25) is 5.02 Å². The Morgan fingerprint density at radius 3 is 2.68 bits per heavy atom. The first-order valence-corrected chi connectivity index (χ1v) is 8.47. The Labute approximate surface area is 151 Å². The number of methoxy groups -OCH3 is 1. The first-order chi connectivity index (χ1) is 12.1. The number of hydrogen-bond acceptors (Lipinski definition) is 3. The molecule has 1 atom stereocenters. The van der Waals surface area contributed by atoms with Crippen LogP contribution in [0.15, 0.2) is 48.0 Å². The molecule has 0 saturated heterocycles. The Bertz CT molecular complexity index is 877. The number of benzene rings is 2. The van der Waals surface area contributed by atoms with Gasteiger partial charge in [0.05, 0.1) is 12.8 Å². The molecule has 2 aliphatic rings. The van der Waals surface area contributed by atoms with Crippen LogP contribution in [0.4, 0.5) is 4.79 Å². The second kappa shape index (κ2) is 6.01. The highest BCUT2D eigenvalue weighted by atomic mass is 35.5. The first-order valence-electron chi connectivity index (χ1n) is 8.09. The van der Waals surface area contributed by atoms with Crippen molar-refractivity contribution in [2.45, 2.75) is 18.9 Å². The monoisotopic (exact) mass is 355 g/mol. The second-order valence-corrected chi connectivity index (χ2v) is 6.63. The third-order valence-corrected chi connectivity index (χ3v) is 5.06. The normalized spacial score (nSPS) is 18.5. The molecule has 6 heteroatoms. The van der Waals surface area contributed by atoms with Crippen LogP contribution in [0.3, 0.4) is 0 Å². The van der Waals surface area contributed by atoms with E-state index in [1.54, 1.807) is 7.11 Å². The van der Waals surface area contributed by atoms with E-state index in [1.807, 2.05) is 42.5 Å². The van der Waals surface area contributed by atoms with E-state index in [2.05, 4.69) is 5.43 Å². The molecule has 2 amide bonds. The van der Waals surface area contributed by atoms with E-state index < -0.39 is 6.03 Å². The summed E-state index contributed by atoms with van der Waals surface area (Å²) in [6.07, 6.45) is 1.74. The first kappa shape index (κ1) is 15.8. The Kier molecular flexibility index (Phi) is 3.81. The van der Waals surface area contributed by atoms with E-state index in [0.717, 1.165) is 35.4 Å². The zero-order valence-electron chi connectivity index (χ0n) is 13.8. The fraction of sp³-hybridized carbons (Fsp3) is 0.211. The van der Waals surface area contributed by atoms with Crippen molar-refractivity contribution in [3.05, 3.63) is 69.8 Å². The lowest BCUT2D eigenvalue weighted by molar-refractivity contribution is 0.184. The van der Waals surface area contributed by atoms with E-state index >= 15 is 0 Å². The number of aryl methyl sites for hydroxylation is 1. The lowest BCUT2D eigenvalue weighted by Crippen LogP contribution is -2.43. The van der Waals surface area contributed by atoms with Crippen molar-refractivity contribution in [1.29, 1.82) is 0 Å². The number of carbonyl (C=O) groups excluding carboxylic acids is 1. The molecule has 1 heterocycles.